The number of fused-ring (bicyclic) bond motifs is 12. The van der Waals surface area contributed by atoms with Gasteiger partial charge < -0.3 is 0 Å². The van der Waals surface area contributed by atoms with E-state index in [1.54, 1.807) is 0 Å². The molecule has 0 saturated heterocycles. The second kappa shape index (κ2) is 12.9. The van der Waals surface area contributed by atoms with Crippen molar-refractivity contribution in [2.45, 2.75) is 5.41 Å². The van der Waals surface area contributed by atoms with E-state index in [1.807, 2.05) is 23.5 Å². The SMILES string of the molecule is c1ccc(-c2ccc(-c3nc(-c4ccccc4)cc(-c4ccc(-c5ccc6c(c5)C5(c7ccccc7-c7ccccc75)c5sc7ccccc7c5-6)cc4)n3)cc2)cc1. The van der Waals surface area contributed by atoms with Crippen LogP contribution in [0.5, 0.6) is 0 Å². The number of hydrogen-bond acceptors (Lipinski definition) is 3. The summed E-state index contributed by atoms with van der Waals surface area (Å²) in [4.78, 5) is 11.7. The first-order chi connectivity index (χ1) is 28.7. The van der Waals surface area contributed by atoms with Gasteiger partial charge in [-0.3, -0.25) is 0 Å². The van der Waals surface area contributed by atoms with E-state index in [9.17, 15) is 0 Å². The van der Waals surface area contributed by atoms with Crippen LogP contribution in [0.15, 0.2) is 206 Å². The zero-order valence-corrected chi connectivity index (χ0v) is 32.2. The molecule has 8 aromatic carbocycles. The summed E-state index contributed by atoms with van der Waals surface area (Å²) >= 11 is 1.95. The number of benzene rings is 8. The van der Waals surface area contributed by atoms with E-state index in [0.29, 0.717) is 5.82 Å². The van der Waals surface area contributed by atoms with Gasteiger partial charge in [0.2, 0.25) is 0 Å². The highest BCUT2D eigenvalue weighted by Gasteiger charge is 2.53. The molecule has 0 atom stereocenters. The highest BCUT2D eigenvalue weighted by atomic mass is 32.1. The minimum absolute atomic E-state index is 0.373. The monoisotopic (exact) mass is 754 g/mol. The van der Waals surface area contributed by atoms with Crippen molar-refractivity contribution in [1.82, 2.24) is 9.97 Å². The molecule has 0 radical (unpaired) electrons. The number of rotatable bonds is 5. The van der Waals surface area contributed by atoms with Crippen LogP contribution in [0.1, 0.15) is 21.6 Å². The van der Waals surface area contributed by atoms with Crippen LogP contribution in [0.3, 0.4) is 0 Å². The number of thiophene rings is 1. The summed E-state index contributed by atoms with van der Waals surface area (Å²) in [6.45, 7) is 0. The topological polar surface area (TPSA) is 25.8 Å². The lowest BCUT2D eigenvalue weighted by Gasteiger charge is -2.29. The molecule has 0 fully saturated rings. The van der Waals surface area contributed by atoms with E-state index in [-0.39, 0.29) is 5.41 Å². The lowest BCUT2D eigenvalue weighted by molar-refractivity contribution is 0.812. The Bertz CT molecular complexity index is 3150. The van der Waals surface area contributed by atoms with Crippen LogP contribution in [0.2, 0.25) is 0 Å². The third-order valence-corrected chi connectivity index (χ3v) is 13.4. The van der Waals surface area contributed by atoms with Crippen LogP contribution < -0.4 is 0 Å². The van der Waals surface area contributed by atoms with Gasteiger partial charge in [0.05, 0.1) is 16.8 Å². The summed E-state index contributed by atoms with van der Waals surface area (Å²) in [6, 6.07) is 74.6. The fraction of sp³-hybridized carbons (Fsp3) is 0.0182. The third kappa shape index (κ3) is 4.90. The largest absolute Gasteiger partial charge is 0.228 e. The number of nitrogens with zero attached hydrogens (tertiary/aromatic N) is 2. The molecule has 2 nitrogen and oxygen atoms in total. The summed E-state index contributed by atoms with van der Waals surface area (Å²) in [6.07, 6.45) is 0. The average molecular weight is 755 g/mol. The Morgan fingerprint density at radius 1 is 0.345 bits per heavy atom. The Balaban J connectivity index is 0.974. The quantitative estimate of drug-likeness (QED) is 0.175. The predicted molar refractivity (Wildman–Crippen MR) is 241 cm³/mol. The Kier molecular flexibility index (Phi) is 7.35. The van der Waals surface area contributed by atoms with E-state index < -0.39 is 0 Å². The lowest BCUT2D eigenvalue weighted by atomic mass is 9.73. The summed E-state index contributed by atoms with van der Waals surface area (Å²) in [5, 5.41) is 1.34. The van der Waals surface area contributed by atoms with Crippen LogP contribution in [-0.2, 0) is 5.41 Å². The maximum atomic E-state index is 5.17. The zero-order chi connectivity index (χ0) is 38.2. The van der Waals surface area contributed by atoms with Crippen molar-refractivity contribution in [3.8, 4) is 78.4 Å². The second-order valence-corrected chi connectivity index (χ2v) is 16.3. The molecule has 0 amide bonds. The van der Waals surface area contributed by atoms with Gasteiger partial charge in [-0.1, -0.05) is 188 Å². The van der Waals surface area contributed by atoms with Crippen LogP contribution in [-0.4, -0.2) is 9.97 Å². The Morgan fingerprint density at radius 3 is 1.50 bits per heavy atom. The molecule has 0 unspecified atom stereocenters. The molecule has 2 aliphatic carbocycles. The van der Waals surface area contributed by atoms with Gasteiger partial charge in [-0.15, -0.1) is 11.3 Å². The van der Waals surface area contributed by atoms with Gasteiger partial charge in [0, 0.05) is 37.2 Å². The van der Waals surface area contributed by atoms with Crippen molar-refractivity contribution in [3.63, 3.8) is 0 Å². The van der Waals surface area contributed by atoms with E-state index in [4.69, 9.17) is 9.97 Å². The van der Waals surface area contributed by atoms with Crippen LogP contribution in [0, 0.1) is 0 Å². The van der Waals surface area contributed by atoms with Crippen molar-refractivity contribution >= 4 is 21.4 Å². The van der Waals surface area contributed by atoms with Gasteiger partial charge in [0.1, 0.15) is 0 Å². The second-order valence-electron chi connectivity index (χ2n) is 15.3. The molecule has 3 heteroatoms. The molecule has 10 aromatic rings. The van der Waals surface area contributed by atoms with Crippen LogP contribution >= 0.6 is 11.3 Å². The molecule has 0 N–H and O–H groups in total. The summed E-state index contributed by atoms with van der Waals surface area (Å²) in [7, 11) is 0. The number of hydrogen-bond donors (Lipinski definition) is 0. The summed E-state index contributed by atoms with van der Waals surface area (Å²) in [5.74, 6) is 0.709. The van der Waals surface area contributed by atoms with Crippen molar-refractivity contribution in [1.29, 1.82) is 0 Å². The first kappa shape index (κ1) is 33.0. The first-order valence-electron chi connectivity index (χ1n) is 19.8. The van der Waals surface area contributed by atoms with Crippen molar-refractivity contribution < 1.29 is 0 Å². The maximum absolute atomic E-state index is 5.17. The molecular formula is C55H34N2S. The molecule has 58 heavy (non-hydrogen) atoms. The zero-order valence-electron chi connectivity index (χ0n) is 31.4. The van der Waals surface area contributed by atoms with E-state index >= 15 is 0 Å². The van der Waals surface area contributed by atoms with E-state index in [2.05, 4.69) is 194 Å². The minimum Gasteiger partial charge on any atom is -0.228 e. The average Bonchev–Trinajstić information content (AvgIpc) is 3.93. The highest BCUT2D eigenvalue weighted by Crippen LogP contribution is 2.66. The van der Waals surface area contributed by atoms with Gasteiger partial charge in [0.25, 0.3) is 0 Å². The van der Waals surface area contributed by atoms with Crippen molar-refractivity contribution in [2.75, 3.05) is 0 Å². The van der Waals surface area contributed by atoms with Crippen molar-refractivity contribution in [2.24, 2.45) is 0 Å². The first-order valence-corrected chi connectivity index (χ1v) is 20.6. The lowest BCUT2D eigenvalue weighted by Crippen LogP contribution is -2.24. The van der Waals surface area contributed by atoms with Crippen LogP contribution in [0.25, 0.3) is 88.5 Å². The Hall–Kier alpha value is -7.20. The predicted octanol–water partition coefficient (Wildman–Crippen LogP) is 14.4. The molecule has 1 spiro atoms. The fourth-order valence-electron chi connectivity index (χ4n) is 9.48. The standard InChI is InChI=1S/C55H34N2S/c1-3-13-35(14-4-1)36-25-29-40(30-26-36)54-56-49(38-15-5-2-6-16-38)34-50(57-54)39-27-23-37(24-28-39)41-31-32-44-48(33-41)55(53-52(44)45-19-9-12-22-51(45)58-53)46-20-10-7-17-42(46)43-18-8-11-21-47(43)55/h1-34H. The van der Waals surface area contributed by atoms with E-state index in [1.165, 1.54) is 76.2 Å². The summed E-state index contributed by atoms with van der Waals surface area (Å²) in [5.41, 5.74) is 18.7. The fourth-order valence-corrected chi connectivity index (χ4v) is 10.9. The maximum Gasteiger partial charge on any atom is 0.160 e. The molecule has 0 saturated carbocycles. The molecule has 2 aromatic heterocycles. The Morgan fingerprint density at radius 2 is 0.828 bits per heavy atom. The molecule has 0 aliphatic heterocycles. The smallest absolute Gasteiger partial charge is 0.160 e. The van der Waals surface area contributed by atoms with Crippen molar-refractivity contribution in [3.05, 3.63) is 228 Å². The Labute approximate surface area is 341 Å². The van der Waals surface area contributed by atoms with Gasteiger partial charge in [-0.25, -0.2) is 9.97 Å². The van der Waals surface area contributed by atoms with Crippen LogP contribution in [0.4, 0.5) is 0 Å². The molecule has 270 valence electrons. The molecular weight excluding hydrogens is 721 g/mol. The molecule has 2 heterocycles. The molecule has 12 rings (SSSR count). The normalized spacial score (nSPS) is 13.0. The summed E-state index contributed by atoms with van der Waals surface area (Å²) < 4.78 is 1.34. The van der Waals surface area contributed by atoms with Gasteiger partial charge in [-0.05, 0) is 73.8 Å². The van der Waals surface area contributed by atoms with Gasteiger partial charge in [0.15, 0.2) is 5.82 Å². The van der Waals surface area contributed by atoms with E-state index in [0.717, 1.165) is 28.1 Å². The van der Waals surface area contributed by atoms with Gasteiger partial charge >= 0.3 is 0 Å². The van der Waals surface area contributed by atoms with Gasteiger partial charge in [-0.2, -0.15) is 0 Å². The number of aromatic nitrogens is 2. The highest BCUT2D eigenvalue weighted by molar-refractivity contribution is 7.20. The minimum atomic E-state index is -0.373. The molecule has 0 bridgehead atoms. The third-order valence-electron chi connectivity index (χ3n) is 12.1. The molecule has 2 aliphatic rings.